The lowest BCUT2D eigenvalue weighted by Gasteiger charge is -2.33. The summed E-state index contributed by atoms with van der Waals surface area (Å²) < 4.78 is 32.0. The summed E-state index contributed by atoms with van der Waals surface area (Å²) >= 11 is 6.10. The van der Waals surface area contributed by atoms with Crippen LogP contribution in [0.15, 0.2) is 42.5 Å². The second-order valence-corrected chi connectivity index (χ2v) is 6.46. The molecule has 1 atom stereocenters. The van der Waals surface area contributed by atoms with Gasteiger partial charge in [0, 0.05) is 13.1 Å². The molecule has 0 radical (unpaired) electrons. The Morgan fingerprint density at radius 3 is 2.76 bits per heavy atom. The van der Waals surface area contributed by atoms with Gasteiger partial charge in [-0.05, 0) is 42.7 Å². The molecule has 0 bridgehead atoms. The van der Waals surface area contributed by atoms with Crippen LogP contribution in [0.1, 0.15) is 28.8 Å². The molecular weight excluding hydrogens is 348 g/mol. The highest BCUT2D eigenvalue weighted by Gasteiger charge is 2.26. The summed E-state index contributed by atoms with van der Waals surface area (Å²) in [6, 6.07) is 10.7. The minimum absolute atomic E-state index is 0.119. The molecule has 1 amide bonds. The molecule has 132 valence electrons. The fourth-order valence-electron chi connectivity index (χ4n) is 2.91. The summed E-state index contributed by atoms with van der Waals surface area (Å²) in [4.78, 5) is 14.3. The molecule has 25 heavy (non-hydrogen) atoms. The van der Waals surface area contributed by atoms with Gasteiger partial charge in [-0.3, -0.25) is 4.79 Å². The summed E-state index contributed by atoms with van der Waals surface area (Å²) in [5.74, 6) is -1.88. The zero-order valence-electron chi connectivity index (χ0n) is 13.6. The Labute approximate surface area is 150 Å². The van der Waals surface area contributed by atoms with Crippen LogP contribution in [0.3, 0.4) is 0 Å². The van der Waals surface area contributed by atoms with E-state index >= 15 is 0 Å². The molecule has 2 aromatic carbocycles. The molecule has 1 heterocycles. The van der Waals surface area contributed by atoms with Gasteiger partial charge in [0.2, 0.25) is 0 Å². The summed E-state index contributed by atoms with van der Waals surface area (Å²) in [6.45, 7) is 1.28. The van der Waals surface area contributed by atoms with Crippen LogP contribution in [-0.4, -0.2) is 30.0 Å². The smallest absolute Gasteiger partial charge is 0.255 e. The predicted molar refractivity (Wildman–Crippen MR) is 91.5 cm³/mol. The van der Waals surface area contributed by atoms with Crippen LogP contribution in [0.2, 0.25) is 5.02 Å². The average Bonchev–Trinajstić information content (AvgIpc) is 2.63. The van der Waals surface area contributed by atoms with E-state index in [1.807, 2.05) is 0 Å². The molecule has 0 spiro atoms. The quantitative estimate of drug-likeness (QED) is 0.801. The molecule has 1 saturated heterocycles. The molecule has 0 unspecified atom stereocenters. The number of carbonyl (C=O) groups is 1. The second kappa shape index (κ2) is 7.93. The first kappa shape index (κ1) is 17.8. The minimum Gasteiger partial charge on any atom is -0.372 e. The third kappa shape index (κ3) is 4.35. The Kier molecular flexibility index (Phi) is 5.66. The van der Waals surface area contributed by atoms with Gasteiger partial charge in [-0.2, -0.15) is 0 Å². The number of amides is 1. The molecule has 3 rings (SSSR count). The van der Waals surface area contributed by atoms with E-state index in [4.69, 9.17) is 16.3 Å². The SMILES string of the molecule is O=C(c1ccccc1Cl)N1CCC[C@H](OCc2ccc(F)c(F)c2)C1. The number of benzene rings is 2. The van der Waals surface area contributed by atoms with Crippen LogP contribution in [-0.2, 0) is 11.3 Å². The van der Waals surface area contributed by atoms with Crippen molar-refractivity contribution >= 4 is 17.5 Å². The number of hydrogen-bond donors (Lipinski definition) is 0. The monoisotopic (exact) mass is 365 g/mol. The van der Waals surface area contributed by atoms with E-state index in [-0.39, 0.29) is 18.6 Å². The maximum atomic E-state index is 13.2. The van der Waals surface area contributed by atoms with Crippen LogP contribution < -0.4 is 0 Å². The highest BCUT2D eigenvalue weighted by molar-refractivity contribution is 6.33. The Balaban J connectivity index is 1.60. The van der Waals surface area contributed by atoms with Crippen LogP contribution in [0.5, 0.6) is 0 Å². The summed E-state index contributed by atoms with van der Waals surface area (Å²) in [5, 5.41) is 0.428. The Bertz CT molecular complexity index is 769. The maximum absolute atomic E-state index is 13.2. The Morgan fingerprint density at radius 2 is 2.00 bits per heavy atom. The topological polar surface area (TPSA) is 29.5 Å². The molecule has 0 saturated carbocycles. The molecule has 6 heteroatoms. The summed E-state index contributed by atoms with van der Waals surface area (Å²) in [7, 11) is 0. The van der Waals surface area contributed by atoms with E-state index < -0.39 is 11.6 Å². The van der Waals surface area contributed by atoms with Crippen LogP contribution in [0, 0.1) is 11.6 Å². The Hall–Kier alpha value is -1.98. The minimum atomic E-state index is -0.889. The van der Waals surface area contributed by atoms with Gasteiger partial charge in [0.25, 0.3) is 5.91 Å². The molecule has 1 aliphatic heterocycles. The van der Waals surface area contributed by atoms with Gasteiger partial charge < -0.3 is 9.64 Å². The highest BCUT2D eigenvalue weighted by Crippen LogP contribution is 2.21. The number of rotatable bonds is 4. The maximum Gasteiger partial charge on any atom is 0.255 e. The van der Waals surface area contributed by atoms with Crippen molar-refractivity contribution < 1.29 is 18.3 Å². The standard InChI is InChI=1S/C19H18ClF2NO2/c20-16-6-2-1-5-15(16)19(24)23-9-3-4-14(11-23)25-12-13-7-8-17(21)18(22)10-13/h1-2,5-8,10,14H,3-4,9,11-12H2/t14-/m0/s1. The molecule has 2 aromatic rings. The largest absolute Gasteiger partial charge is 0.372 e. The molecule has 3 nitrogen and oxygen atoms in total. The van der Waals surface area contributed by atoms with Crippen LogP contribution in [0.25, 0.3) is 0 Å². The lowest BCUT2D eigenvalue weighted by atomic mass is 10.1. The van der Waals surface area contributed by atoms with Crippen LogP contribution >= 0.6 is 11.6 Å². The number of likely N-dealkylation sites (tertiary alicyclic amines) is 1. The van der Waals surface area contributed by atoms with E-state index in [1.165, 1.54) is 6.07 Å². The zero-order valence-corrected chi connectivity index (χ0v) is 14.3. The lowest BCUT2D eigenvalue weighted by molar-refractivity contribution is -0.00681. The van der Waals surface area contributed by atoms with Gasteiger partial charge in [-0.25, -0.2) is 8.78 Å². The molecule has 0 aromatic heterocycles. The molecule has 0 N–H and O–H groups in total. The van der Waals surface area contributed by atoms with Gasteiger partial charge in [0.15, 0.2) is 11.6 Å². The zero-order chi connectivity index (χ0) is 17.8. The average molecular weight is 366 g/mol. The number of carbonyl (C=O) groups excluding carboxylic acids is 1. The van der Waals surface area contributed by atoms with Crippen LogP contribution in [0.4, 0.5) is 8.78 Å². The van der Waals surface area contributed by atoms with E-state index in [2.05, 4.69) is 0 Å². The first-order valence-electron chi connectivity index (χ1n) is 8.14. The van der Waals surface area contributed by atoms with Gasteiger partial charge in [-0.15, -0.1) is 0 Å². The van der Waals surface area contributed by atoms with E-state index in [0.717, 1.165) is 25.0 Å². The Morgan fingerprint density at radius 1 is 1.20 bits per heavy atom. The first-order chi connectivity index (χ1) is 12.0. The molecular formula is C19H18ClF2NO2. The fraction of sp³-hybridized carbons (Fsp3) is 0.316. The highest BCUT2D eigenvalue weighted by atomic mass is 35.5. The third-order valence-corrected chi connectivity index (χ3v) is 4.57. The van der Waals surface area contributed by atoms with Crippen molar-refractivity contribution in [1.29, 1.82) is 0 Å². The lowest BCUT2D eigenvalue weighted by Crippen LogP contribution is -2.43. The van der Waals surface area contributed by atoms with Crippen molar-refractivity contribution in [2.75, 3.05) is 13.1 Å². The third-order valence-electron chi connectivity index (χ3n) is 4.24. The van der Waals surface area contributed by atoms with Crippen molar-refractivity contribution in [3.8, 4) is 0 Å². The number of ether oxygens (including phenoxy) is 1. The van der Waals surface area contributed by atoms with E-state index in [0.29, 0.717) is 29.2 Å². The second-order valence-electron chi connectivity index (χ2n) is 6.05. The normalized spacial score (nSPS) is 17.6. The van der Waals surface area contributed by atoms with Crippen molar-refractivity contribution in [1.82, 2.24) is 4.90 Å². The van der Waals surface area contributed by atoms with Gasteiger partial charge in [0.1, 0.15) is 0 Å². The molecule has 0 aliphatic carbocycles. The number of halogens is 3. The van der Waals surface area contributed by atoms with Crippen molar-refractivity contribution in [2.24, 2.45) is 0 Å². The van der Waals surface area contributed by atoms with E-state index in [9.17, 15) is 13.6 Å². The van der Waals surface area contributed by atoms with Gasteiger partial charge in [0.05, 0.1) is 23.3 Å². The fourth-order valence-corrected chi connectivity index (χ4v) is 3.12. The van der Waals surface area contributed by atoms with Gasteiger partial charge >= 0.3 is 0 Å². The van der Waals surface area contributed by atoms with Crippen molar-refractivity contribution in [3.63, 3.8) is 0 Å². The predicted octanol–water partition coefficient (Wildman–Crippen LogP) is 4.44. The number of hydrogen-bond acceptors (Lipinski definition) is 2. The number of piperidine rings is 1. The molecule has 1 fully saturated rings. The molecule has 1 aliphatic rings. The number of nitrogens with zero attached hydrogens (tertiary/aromatic N) is 1. The van der Waals surface area contributed by atoms with Gasteiger partial charge in [-0.1, -0.05) is 29.8 Å². The summed E-state index contributed by atoms with van der Waals surface area (Å²) in [6.07, 6.45) is 1.49. The van der Waals surface area contributed by atoms with E-state index in [1.54, 1.807) is 29.2 Å². The van der Waals surface area contributed by atoms with Crippen molar-refractivity contribution in [2.45, 2.75) is 25.6 Å². The summed E-state index contributed by atoms with van der Waals surface area (Å²) in [5.41, 5.74) is 1.04. The first-order valence-corrected chi connectivity index (χ1v) is 8.51. The van der Waals surface area contributed by atoms with Crippen molar-refractivity contribution in [3.05, 3.63) is 70.2 Å².